The van der Waals surface area contributed by atoms with Crippen LogP contribution in [-0.2, 0) is 6.54 Å². The molecule has 4 nitrogen and oxygen atoms in total. The van der Waals surface area contributed by atoms with Gasteiger partial charge in [-0.2, -0.15) is 0 Å². The van der Waals surface area contributed by atoms with Crippen molar-refractivity contribution in [2.45, 2.75) is 6.54 Å². The molecule has 0 aliphatic heterocycles. The summed E-state index contributed by atoms with van der Waals surface area (Å²) in [6, 6.07) is 20.5. The van der Waals surface area contributed by atoms with Crippen LogP contribution in [0.1, 0.15) is 15.9 Å². The highest BCUT2D eigenvalue weighted by molar-refractivity contribution is 5.96. The number of hydrogen-bond acceptors (Lipinski definition) is 3. The van der Waals surface area contributed by atoms with Gasteiger partial charge in [0, 0.05) is 26.0 Å². The Kier molecular flexibility index (Phi) is 4.87. The zero-order valence-corrected chi connectivity index (χ0v) is 13.4. The van der Waals surface area contributed by atoms with Crippen LogP contribution in [0.3, 0.4) is 0 Å². The van der Waals surface area contributed by atoms with Crippen LogP contribution in [0, 0.1) is 0 Å². The van der Waals surface area contributed by atoms with Gasteiger partial charge in [0.05, 0.1) is 5.56 Å². The number of pyridine rings is 1. The maximum atomic E-state index is 12.8. The van der Waals surface area contributed by atoms with Gasteiger partial charge >= 0.3 is 0 Å². The number of carbonyl (C=O) groups excluding carboxylic acids is 1. The van der Waals surface area contributed by atoms with E-state index < -0.39 is 0 Å². The SMILES string of the molecule is CN(Cc1cccnc1)C(=O)c1ccccc1Oc1ccccc1. The second-order valence-electron chi connectivity index (χ2n) is 5.43. The van der Waals surface area contributed by atoms with Gasteiger partial charge in [-0.25, -0.2) is 0 Å². The normalized spacial score (nSPS) is 10.2. The van der Waals surface area contributed by atoms with Crippen LogP contribution in [0.2, 0.25) is 0 Å². The van der Waals surface area contributed by atoms with E-state index in [1.54, 1.807) is 36.5 Å². The number of rotatable bonds is 5. The monoisotopic (exact) mass is 318 g/mol. The van der Waals surface area contributed by atoms with Crippen LogP contribution in [-0.4, -0.2) is 22.8 Å². The summed E-state index contributed by atoms with van der Waals surface area (Å²) in [5.74, 6) is 1.16. The van der Waals surface area contributed by atoms with E-state index in [0.717, 1.165) is 5.56 Å². The smallest absolute Gasteiger partial charge is 0.257 e. The molecule has 0 unspecified atom stereocenters. The summed E-state index contributed by atoms with van der Waals surface area (Å²) in [5, 5.41) is 0. The van der Waals surface area contributed by atoms with Crippen molar-refractivity contribution in [1.29, 1.82) is 0 Å². The van der Waals surface area contributed by atoms with E-state index in [2.05, 4.69) is 4.98 Å². The number of hydrogen-bond donors (Lipinski definition) is 0. The lowest BCUT2D eigenvalue weighted by atomic mass is 10.1. The number of para-hydroxylation sites is 2. The zero-order chi connectivity index (χ0) is 16.8. The van der Waals surface area contributed by atoms with Crippen molar-refractivity contribution in [3.63, 3.8) is 0 Å². The Morgan fingerprint density at radius 3 is 2.50 bits per heavy atom. The molecule has 0 saturated heterocycles. The van der Waals surface area contributed by atoms with E-state index in [9.17, 15) is 4.79 Å². The van der Waals surface area contributed by atoms with Gasteiger partial charge in [-0.05, 0) is 35.9 Å². The third-order valence-corrected chi connectivity index (χ3v) is 3.58. The van der Waals surface area contributed by atoms with Gasteiger partial charge in [-0.1, -0.05) is 36.4 Å². The molecular formula is C20H18N2O2. The van der Waals surface area contributed by atoms with Gasteiger partial charge in [0.25, 0.3) is 5.91 Å². The molecule has 1 aromatic heterocycles. The van der Waals surface area contributed by atoms with E-state index in [4.69, 9.17) is 4.74 Å². The molecule has 0 atom stereocenters. The minimum atomic E-state index is -0.0922. The summed E-state index contributed by atoms with van der Waals surface area (Å²) in [4.78, 5) is 18.5. The maximum Gasteiger partial charge on any atom is 0.257 e. The molecule has 0 radical (unpaired) electrons. The van der Waals surface area contributed by atoms with Gasteiger partial charge in [0.15, 0.2) is 0 Å². The van der Waals surface area contributed by atoms with E-state index in [0.29, 0.717) is 23.6 Å². The second-order valence-corrected chi connectivity index (χ2v) is 5.43. The van der Waals surface area contributed by atoms with Crippen LogP contribution >= 0.6 is 0 Å². The third kappa shape index (κ3) is 3.79. The molecule has 0 fully saturated rings. The van der Waals surface area contributed by atoms with E-state index >= 15 is 0 Å². The fraction of sp³-hybridized carbons (Fsp3) is 0.100. The van der Waals surface area contributed by atoms with Gasteiger partial charge in [0.2, 0.25) is 0 Å². The quantitative estimate of drug-likeness (QED) is 0.710. The predicted molar refractivity (Wildman–Crippen MR) is 93.0 cm³/mol. The molecule has 120 valence electrons. The van der Waals surface area contributed by atoms with Crippen molar-refractivity contribution in [3.8, 4) is 11.5 Å². The van der Waals surface area contributed by atoms with Crippen molar-refractivity contribution in [3.05, 3.63) is 90.3 Å². The molecule has 3 aromatic rings. The first kappa shape index (κ1) is 15.7. The Hall–Kier alpha value is -3.14. The number of amides is 1. The minimum Gasteiger partial charge on any atom is -0.457 e. The molecule has 0 aliphatic carbocycles. The van der Waals surface area contributed by atoms with E-state index in [1.807, 2.05) is 54.6 Å². The highest BCUT2D eigenvalue weighted by atomic mass is 16.5. The molecular weight excluding hydrogens is 300 g/mol. The molecule has 3 rings (SSSR count). The van der Waals surface area contributed by atoms with E-state index in [-0.39, 0.29) is 5.91 Å². The lowest BCUT2D eigenvalue weighted by molar-refractivity contribution is 0.0782. The van der Waals surface area contributed by atoms with Crippen molar-refractivity contribution in [2.24, 2.45) is 0 Å². The molecule has 1 heterocycles. The first-order chi connectivity index (χ1) is 11.7. The van der Waals surface area contributed by atoms with Crippen LogP contribution in [0.25, 0.3) is 0 Å². The molecule has 0 bridgehead atoms. The largest absolute Gasteiger partial charge is 0.457 e. The van der Waals surface area contributed by atoms with Crippen molar-refractivity contribution in [2.75, 3.05) is 7.05 Å². The minimum absolute atomic E-state index is 0.0922. The average molecular weight is 318 g/mol. The summed E-state index contributed by atoms with van der Waals surface area (Å²) in [5.41, 5.74) is 1.52. The Labute approximate surface area is 141 Å². The first-order valence-corrected chi connectivity index (χ1v) is 7.70. The van der Waals surface area contributed by atoms with Crippen molar-refractivity contribution < 1.29 is 9.53 Å². The molecule has 0 saturated carbocycles. The molecule has 2 aromatic carbocycles. The maximum absolute atomic E-state index is 12.8. The fourth-order valence-electron chi connectivity index (χ4n) is 2.39. The standard InChI is InChI=1S/C20H18N2O2/c1-22(15-16-8-7-13-21-14-16)20(23)18-11-5-6-12-19(18)24-17-9-3-2-4-10-17/h2-14H,15H2,1H3. The van der Waals surface area contributed by atoms with Crippen LogP contribution in [0.15, 0.2) is 79.1 Å². The summed E-state index contributed by atoms with van der Waals surface area (Å²) in [7, 11) is 1.77. The number of aromatic nitrogens is 1. The average Bonchev–Trinajstić information content (AvgIpc) is 2.63. The van der Waals surface area contributed by atoms with Crippen LogP contribution in [0.5, 0.6) is 11.5 Å². The summed E-state index contributed by atoms with van der Waals surface area (Å²) in [6.45, 7) is 0.492. The van der Waals surface area contributed by atoms with Gasteiger partial charge in [-0.15, -0.1) is 0 Å². The van der Waals surface area contributed by atoms with E-state index in [1.165, 1.54) is 0 Å². The summed E-state index contributed by atoms with van der Waals surface area (Å²) < 4.78 is 5.87. The van der Waals surface area contributed by atoms with Gasteiger partial charge in [-0.3, -0.25) is 9.78 Å². The topological polar surface area (TPSA) is 42.4 Å². The van der Waals surface area contributed by atoms with Gasteiger partial charge < -0.3 is 9.64 Å². The molecule has 0 spiro atoms. The predicted octanol–water partition coefficient (Wildman–Crippen LogP) is 4.15. The lowest BCUT2D eigenvalue weighted by Crippen LogP contribution is -2.26. The molecule has 24 heavy (non-hydrogen) atoms. The highest BCUT2D eigenvalue weighted by Gasteiger charge is 2.17. The van der Waals surface area contributed by atoms with Crippen LogP contribution in [0.4, 0.5) is 0 Å². The Balaban J connectivity index is 1.79. The number of carbonyl (C=O) groups is 1. The third-order valence-electron chi connectivity index (χ3n) is 3.58. The Morgan fingerprint density at radius 1 is 1.00 bits per heavy atom. The molecule has 0 aliphatic rings. The highest BCUT2D eigenvalue weighted by Crippen LogP contribution is 2.26. The molecule has 4 heteroatoms. The Morgan fingerprint density at radius 2 is 1.75 bits per heavy atom. The molecule has 0 N–H and O–H groups in total. The Bertz CT molecular complexity index is 804. The van der Waals surface area contributed by atoms with Crippen molar-refractivity contribution >= 4 is 5.91 Å². The van der Waals surface area contributed by atoms with Crippen molar-refractivity contribution in [1.82, 2.24) is 9.88 Å². The number of benzene rings is 2. The zero-order valence-electron chi connectivity index (χ0n) is 13.4. The summed E-state index contributed by atoms with van der Waals surface area (Å²) >= 11 is 0. The number of nitrogens with zero attached hydrogens (tertiary/aromatic N) is 2. The van der Waals surface area contributed by atoms with Gasteiger partial charge in [0.1, 0.15) is 11.5 Å². The first-order valence-electron chi connectivity index (χ1n) is 7.70. The lowest BCUT2D eigenvalue weighted by Gasteiger charge is -2.19. The number of ether oxygens (including phenoxy) is 1. The molecule has 1 amide bonds. The fourth-order valence-corrected chi connectivity index (χ4v) is 2.39. The second kappa shape index (κ2) is 7.42. The van der Waals surface area contributed by atoms with Crippen LogP contribution < -0.4 is 4.74 Å². The summed E-state index contributed by atoms with van der Waals surface area (Å²) in [6.07, 6.45) is 3.48.